The molecule has 0 aromatic carbocycles. The third kappa shape index (κ3) is 6.61. The molecule has 114 valence electrons. The van der Waals surface area contributed by atoms with Crippen molar-refractivity contribution in [2.75, 3.05) is 26.8 Å². The minimum atomic E-state index is 0.368. The van der Waals surface area contributed by atoms with Crippen molar-refractivity contribution in [1.29, 1.82) is 0 Å². The molecule has 0 saturated carbocycles. The number of guanidine groups is 1. The van der Waals surface area contributed by atoms with E-state index in [4.69, 9.17) is 9.15 Å². The molecule has 5 nitrogen and oxygen atoms in total. The van der Waals surface area contributed by atoms with Crippen LogP contribution in [0, 0.1) is 5.92 Å². The van der Waals surface area contributed by atoms with Crippen molar-refractivity contribution >= 4 is 5.96 Å². The molecule has 1 atom stereocenters. The number of ether oxygens (including phenoxy) is 1. The number of methoxy groups -OCH3 is 1. The summed E-state index contributed by atoms with van der Waals surface area (Å²) in [6, 6.07) is 4.25. The van der Waals surface area contributed by atoms with E-state index in [1.54, 1.807) is 13.4 Å². The average molecular weight is 281 g/mol. The predicted octanol–water partition coefficient (Wildman–Crippen LogP) is 2.05. The van der Waals surface area contributed by atoms with Gasteiger partial charge in [-0.1, -0.05) is 13.8 Å². The lowest BCUT2D eigenvalue weighted by atomic mass is 10.1. The van der Waals surface area contributed by atoms with Crippen LogP contribution in [0.1, 0.15) is 26.5 Å². The van der Waals surface area contributed by atoms with E-state index in [-0.39, 0.29) is 0 Å². The standard InChI is InChI=1S/C15H27N3O2/c1-12(2)13(3)18-15(17-9-11-19-4)16-8-7-14-6-5-10-20-14/h5-6,10,12-13H,7-9,11H2,1-4H3,(H2,16,17,18). The van der Waals surface area contributed by atoms with Gasteiger partial charge in [0.15, 0.2) is 5.96 Å². The Kier molecular flexibility index (Phi) is 7.80. The highest BCUT2D eigenvalue weighted by molar-refractivity contribution is 5.80. The maximum atomic E-state index is 5.31. The van der Waals surface area contributed by atoms with Gasteiger partial charge in [0, 0.05) is 26.1 Å². The van der Waals surface area contributed by atoms with E-state index in [0.717, 1.165) is 24.7 Å². The highest BCUT2D eigenvalue weighted by atomic mass is 16.5. The smallest absolute Gasteiger partial charge is 0.191 e. The molecule has 0 bridgehead atoms. The molecule has 1 aromatic heterocycles. The number of aliphatic imine (C=N–C) groups is 1. The van der Waals surface area contributed by atoms with Gasteiger partial charge >= 0.3 is 0 Å². The molecule has 0 aliphatic heterocycles. The van der Waals surface area contributed by atoms with E-state index >= 15 is 0 Å². The monoisotopic (exact) mass is 281 g/mol. The third-order valence-electron chi connectivity index (χ3n) is 3.17. The Morgan fingerprint density at radius 3 is 2.80 bits per heavy atom. The molecule has 0 aliphatic rings. The zero-order valence-electron chi connectivity index (χ0n) is 13.0. The lowest BCUT2D eigenvalue weighted by molar-refractivity contribution is 0.207. The first-order chi connectivity index (χ1) is 9.63. The molecule has 1 rings (SSSR count). The second kappa shape index (κ2) is 9.42. The van der Waals surface area contributed by atoms with Gasteiger partial charge in [0.2, 0.25) is 0 Å². The third-order valence-corrected chi connectivity index (χ3v) is 3.17. The van der Waals surface area contributed by atoms with Gasteiger partial charge in [0.1, 0.15) is 5.76 Å². The van der Waals surface area contributed by atoms with Gasteiger partial charge in [-0.05, 0) is 25.0 Å². The van der Waals surface area contributed by atoms with Crippen LogP contribution in [0.4, 0.5) is 0 Å². The van der Waals surface area contributed by atoms with Crippen molar-refractivity contribution in [3.63, 3.8) is 0 Å². The van der Waals surface area contributed by atoms with Gasteiger partial charge in [-0.15, -0.1) is 0 Å². The van der Waals surface area contributed by atoms with Crippen LogP contribution < -0.4 is 10.6 Å². The van der Waals surface area contributed by atoms with Crippen molar-refractivity contribution < 1.29 is 9.15 Å². The summed E-state index contributed by atoms with van der Waals surface area (Å²) in [5, 5.41) is 6.73. The summed E-state index contributed by atoms with van der Waals surface area (Å²) in [6.07, 6.45) is 2.54. The first kappa shape index (κ1) is 16.6. The lowest BCUT2D eigenvalue weighted by Gasteiger charge is -2.21. The van der Waals surface area contributed by atoms with Crippen LogP contribution >= 0.6 is 0 Å². The molecule has 1 unspecified atom stereocenters. The van der Waals surface area contributed by atoms with Crippen LogP contribution in [0.15, 0.2) is 27.8 Å². The average Bonchev–Trinajstić information content (AvgIpc) is 2.91. The number of nitrogens with one attached hydrogen (secondary N) is 2. The summed E-state index contributed by atoms with van der Waals surface area (Å²) in [5.41, 5.74) is 0. The number of furan rings is 1. The minimum Gasteiger partial charge on any atom is -0.469 e. The largest absolute Gasteiger partial charge is 0.469 e. The second-order valence-electron chi connectivity index (χ2n) is 5.16. The molecule has 0 aliphatic carbocycles. The maximum absolute atomic E-state index is 5.31. The minimum absolute atomic E-state index is 0.368. The Balaban J connectivity index is 2.42. The van der Waals surface area contributed by atoms with E-state index in [2.05, 4.69) is 36.4 Å². The number of hydrogen-bond acceptors (Lipinski definition) is 3. The van der Waals surface area contributed by atoms with E-state index in [1.165, 1.54) is 0 Å². The first-order valence-corrected chi connectivity index (χ1v) is 7.19. The van der Waals surface area contributed by atoms with Crippen molar-refractivity contribution in [3.8, 4) is 0 Å². The van der Waals surface area contributed by atoms with Crippen molar-refractivity contribution in [1.82, 2.24) is 10.6 Å². The molecule has 1 heterocycles. The Bertz CT molecular complexity index is 374. The fraction of sp³-hybridized carbons (Fsp3) is 0.667. The molecule has 0 amide bonds. The fourth-order valence-electron chi connectivity index (χ4n) is 1.54. The summed E-state index contributed by atoms with van der Waals surface area (Å²) in [5.74, 6) is 2.36. The van der Waals surface area contributed by atoms with Crippen molar-refractivity contribution in [2.24, 2.45) is 10.9 Å². The molecular formula is C15H27N3O2. The molecule has 20 heavy (non-hydrogen) atoms. The Morgan fingerprint density at radius 2 is 2.20 bits per heavy atom. The fourth-order valence-corrected chi connectivity index (χ4v) is 1.54. The molecular weight excluding hydrogens is 254 g/mol. The Morgan fingerprint density at radius 1 is 1.40 bits per heavy atom. The zero-order chi connectivity index (χ0) is 14.8. The van der Waals surface area contributed by atoms with Crippen LogP contribution in [0.25, 0.3) is 0 Å². The van der Waals surface area contributed by atoms with E-state index in [0.29, 0.717) is 25.1 Å². The molecule has 0 fully saturated rings. The molecule has 0 radical (unpaired) electrons. The summed E-state index contributed by atoms with van der Waals surface area (Å²) < 4.78 is 10.3. The molecule has 1 aromatic rings. The quantitative estimate of drug-likeness (QED) is 0.435. The summed E-state index contributed by atoms with van der Waals surface area (Å²) >= 11 is 0. The van der Waals surface area contributed by atoms with Gasteiger partial charge in [0.25, 0.3) is 0 Å². The molecule has 5 heteroatoms. The van der Waals surface area contributed by atoms with Crippen molar-refractivity contribution in [3.05, 3.63) is 24.2 Å². The van der Waals surface area contributed by atoms with Gasteiger partial charge in [-0.3, -0.25) is 4.99 Å². The van der Waals surface area contributed by atoms with E-state index < -0.39 is 0 Å². The normalized spacial score (nSPS) is 13.6. The number of rotatable bonds is 8. The number of hydrogen-bond donors (Lipinski definition) is 2. The SMILES string of the molecule is COCCN=C(NCCc1ccco1)NC(C)C(C)C. The number of nitrogens with zero attached hydrogens (tertiary/aromatic N) is 1. The summed E-state index contributed by atoms with van der Waals surface area (Å²) in [6.45, 7) is 8.60. The van der Waals surface area contributed by atoms with E-state index in [9.17, 15) is 0 Å². The van der Waals surface area contributed by atoms with Crippen molar-refractivity contribution in [2.45, 2.75) is 33.2 Å². The first-order valence-electron chi connectivity index (χ1n) is 7.19. The van der Waals surface area contributed by atoms with Crippen LogP contribution in [0.2, 0.25) is 0 Å². The van der Waals surface area contributed by atoms with Crippen LogP contribution in [-0.2, 0) is 11.2 Å². The van der Waals surface area contributed by atoms with Gasteiger partial charge in [-0.25, -0.2) is 0 Å². The van der Waals surface area contributed by atoms with Gasteiger partial charge in [-0.2, -0.15) is 0 Å². The zero-order valence-corrected chi connectivity index (χ0v) is 13.0. The summed E-state index contributed by atoms with van der Waals surface area (Å²) in [4.78, 5) is 4.49. The highest BCUT2D eigenvalue weighted by Gasteiger charge is 2.09. The molecule has 0 saturated heterocycles. The lowest BCUT2D eigenvalue weighted by Crippen LogP contribution is -2.45. The van der Waals surface area contributed by atoms with Crippen LogP contribution in [0.3, 0.4) is 0 Å². The molecule has 2 N–H and O–H groups in total. The van der Waals surface area contributed by atoms with Gasteiger partial charge < -0.3 is 19.8 Å². The predicted molar refractivity (Wildman–Crippen MR) is 82.0 cm³/mol. The topological polar surface area (TPSA) is 58.8 Å². The maximum Gasteiger partial charge on any atom is 0.191 e. The Labute approximate surface area is 121 Å². The molecule has 0 spiro atoms. The van der Waals surface area contributed by atoms with Gasteiger partial charge in [0.05, 0.1) is 19.4 Å². The Hall–Kier alpha value is -1.49. The van der Waals surface area contributed by atoms with Crippen LogP contribution in [0.5, 0.6) is 0 Å². The highest BCUT2D eigenvalue weighted by Crippen LogP contribution is 2.01. The van der Waals surface area contributed by atoms with Crippen LogP contribution in [-0.4, -0.2) is 38.8 Å². The second-order valence-corrected chi connectivity index (χ2v) is 5.16. The summed E-state index contributed by atoms with van der Waals surface area (Å²) in [7, 11) is 1.68. The van der Waals surface area contributed by atoms with E-state index in [1.807, 2.05) is 12.1 Å².